The summed E-state index contributed by atoms with van der Waals surface area (Å²) in [4.78, 5) is 67.6. The van der Waals surface area contributed by atoms with E-state index >= 15 is 0 Å². The molecule has 50 heavy (non-hydrogen) atoms. The normalized spacial score (nSPS) is 21.2. The van der Waals surface area contributed by atoms with E-state index in [1.54, 1.807) is 48.5 Å². The molecule has 1 fully saturated rings. The van der Waals surface area contributed by atoms with Crippen molar-refractivity contribution in [2.75, 3.05) is 13.2 Å². The largest absolute Gasteiger partial charge is 0.492 e. The summed E-state index contributed by atoms with van der Waals surface area (Å²) >= 11 is 0. The predicted octanol–water partition coefficient (Wildman–Crippen LogP) is 0.998. The van der Waals surface area contributed by atoms with E-state index in [9.17, 15) is 24.0 Å². The van der Waals surface area contributed by atoms with Gasteiger partial charge in [-0.25, -0.2) is 4.68 Å². The first-order valence-corrected chi connectivity index (χ1v) is 16.4. The SMILES string of the molecule is C[C@@H]1NC(=O)[C@@H](NC(=O)c2cnnn2-c2ccccc2)Cc2ccc(cc2)OCCNC(=O)C2(CC2)NC(=O)[C@@H](Cc2ccccc2)NC1=O. The molecule has 0 radical (unpaired) electrons. The summed E-state index contributed by atoms with van der Waals surface area (Å²) in [6.07, 6.45) is 2.46. The lowest BCUT2D eigenvalue weighted by atomic mass is 10.0. The maximum absolute atomic E-state index is 13.8. The number of rotatable bonds is 5. The first-order valence-electron chi connectivity index (χ1n) is 16.4. The highest BCUT2D eigenvalue weighted by Crippen LogP contribution is 2.35. The number of nitrogens with zero attached hydrogens (tertiary/aromatic N) is 3. The van der Waals surface area contributed by atoms with Crippen LogP contribution in [0.2, 0.25) is 0 Å². The molecule has 1 saturated carbocycles. The van der Waals surface area contributed by atoms with Gasteiger partial charge in [-0.05, 0) is 55.2 Å². The lowest BCUT2D eigenvalue weighted by Gasteiger charge is -2.25. The number of carbonyl (C=O) groups excluding carboxylic acids is 5. The zero-order valence-corrected chi connectivity index (χ0v) is 27.4. The number of hydrogen-bond acceptors (Lipinski definition) is 8. The molecule has 7 rings (SSSR count). The molecule has 1 aliphatic carbocycles. The van der Waals surface area contributed by atoms with Crippen LogP contribution in [0.4, 0.5) is 0 Å². The van der Waals surface area contributed by atoms with E-state index in [-0.39, 0.29) is 37.6 Å². The predicted molar refractivity (Wildman–Crippen MR) is 181 cm³/mol. The molecule has 1 aromatic heterocycles. The molecule has 3 aromatic carbocycles. The first kappa shape index (κ1) is 33.8. The van der Waals surface area contributed by atoms with Gasteiger partial charge in [-0.1, -0.05) is 65.9 Å². The van der Waals surface area contributed by atoms with Crippen LogP contribution >= 0.6 is 0 Å². The monoisotopic (exact) mass is 678 g/mol. The number of hydrogen-bond donors (Lipinski definition) is 5. The number of fused-ring (bicyclic) bond motifs is 15. The summed E-state index contributed by atoms with van der Waals surface area (Å²) < 4.78 is 7.18. The Bertz CT molecular complexity index is 1840. The number of nitrogens with one attached hydrogen (secondary N) is 5. The van der Waals surface area contributed by atoms with Gasteiger partial charge in [-0.2, -0.15) is 0 Å². The van der Waals surface area contributed by atoms with Crippen molar-refractivity contribution in [2.24, 2.45) is 0 Å². The standard InChI is InChI=1S/C36H38N8O6/c1-23-31(45)40-29(20-24-8-4-2-5-9-24)33(47)42-36(16-17-36)35(49)37-18-19-50-27-14-12-25(13-15-27)21-28(32(46)39-23)41-34(48)30-22-38-43-44(30)26-10-6-3-7-11-26/h2-15,22-23,28-29H,16-21H2,1H3,(H,37,49)(H,39,46)(H,40,45)(H,41,48)(H,42,47)/t23-,28-,29+/m0/s1. The third-order valence-corrected chi connectivity index (χ3v) is 8.64. The Hall–Kier alpha value is -6.05. The van der Waals surface area contributed by atoms with Crippen molar-refractivity contribution >= 4 is 29.5 Å². The molecule has 0 saturated heterocycles. The van der Waals surface area contributed by atoms with Crippen LogP contribution in [0.25, 0.3) is 5.69 Å². The summed E-state index contributed by atoms with van der Waals surface area (Å²) in [6, 6.07) is 21.9. The molecule has 4 aromatic rings. The van der Waals surface area contributed by atoms with Gasteiger partial charge in [0.25, 0.3) is 5.91 Å². The molecule has 3 aliphatic rings. The molecule has 3 atom stereocenters. The quantitative estimate of drug-likeness (QED) is 0.194. The van der Waals surface area contributed by atoms with Crippen LogP contribution in [-0.2, 0) is 32.0 Å². The Morgan fingerprint density at radius 2 is 1.60 bits per heavy atom. The van der Waals surface area contributed by atoms with Crippen LogP contribution in [0, 0.1) is 0 Å². The number of benzene rings is 3. The molecule has 3 heterocycles. The molecule has 2 aliphatic heterocycles. The zero-order valence-electron chi connectivity index (χ0n) is 27.4. The summed E-state index contributed by atoms with van der Waals surface area (Å²) in [5.74, 6) is -2.12. The number of amides is 5. The van der Waals surface area contributed by atoms with Gasteiger partial charge in [-0.3, -0.25) is 24.0 Å². The van der Waals surface area contributed by atoms with Gasteiger partial charge in [0, 0.05) is 12.8 Å². The van der Waals surface area contributed by atoms with E-state index in [0.717, 1.165) is 5.56 Å². The third-order valence-electron chi connectivity index (χ3n) is 8.64. The molecule has 5 amide bonds. The van der Waals surface area contributed by atoms with E-state index in [1.807, 2.05) is 36.4 Å². The second kappa shape index (κ2) is 15.0. The van der Waals surface area contributed by atoms with E-state index < -0.39 is 47.3 Å². The molecular weight excluding hydrogens is 640 g/mol. The van der Waals surface area contributed by atoms with Crippen molar-refractivity contribution < 1.29 is 28.7 Å². The summed E-state index contributed by atoms with van der Waals surface area (Å²) in [5, 5.41) is 21.9. The number of para-hydroxylation sites is 1. The maximum Gasteiger partial charge on any atom is 0.272 e. The van der Waals surface area contributed by atoms with Gasteiger partial charge in [0.2, 0.25) is 23.6 Å². The second-order valence-electron chi connectivity index (χ2n) is 12.4. The third kappa shape index (κ3) is 8.14. The van der Waals surface area contributed by atoms with Gasteiger partial charge in [-0.15, -0.1) is 5.10 Å². The van der Waals surface area contributed by atoms with Crippen molar-refractivity contribution in [1.29, 1.82) is 0 Å². The fourth-order valence-corrected chi connectivity index (χ4v) is 5.64. The van der Waals surface area contributed by atoms with Crippen LogP contribution in [0.1, 0.15) is 41.4 Å². The topological polar surface area (TPSA) is 185 Å². The number of carbonyl (C=O) groups is 5. The Balaban J connectivity index is 1.25. The first-order chi connectivity index (χ1) is 24.2. The molecular formula is C36H38N8O6. The molecule has 2 bridgehead atoms. The van der Waals surface area contributed by atoms with Crippen molar-refractivity contribution in [1.82, 2.24) is 41.6 Å². The van der Waals surface area contributed by atoms with Crippen molar-refractivity contribution in [3.8, 4) is 11.4 Å². The smallest absolute Gasteiger partial charge is 0.272 e. The summed E-state index contributed by atoms with van der Waals surface area (Å²) in [5.41, 5.74) is 1.15. The number of ether oxygens (including phenoxy) is 1. The lowest BCUT2D eigenvalue weighted by Crippen LogP contribution is -2.59. The highest BCUT2D eigenvalue weighted by Gasteiger charge is 2.51. The Morgan fingerprint density at radius 1 is 0.900 bits per heavy atom. The van der Waals surface area contributed by atoms with Crippen LogP contribution < -0.4 is 31.3 Å². The van der Waals surface area contributed by atoms with Gasteiger partial charge < -0.3 is 31.3 Å². The molecule has 0 unspecified atom stereocenters. The molecule has 5 N–H and O–H groups in total. The van der Waals surface area contributed by atoms with Crippen LogP contribution in [0.3, 0.4) is 0 Å². The minimum absolute atomic E-state index is 0.0796. The summed E-state index contributed by atoms with van der Waals surface area (Å²) in [7, 11) is 0. The van der Waals surface area contributed by atoms with Gasteiger partial charge in [0.15, 0.2) is 5.69 Å². The molecule has 14 heteroatoms. The van der Waals surface area contributed by atoms with Crippen LogP contribution in [0.5, 0.6) is 5.75 Å². The van der Waals surface area contributed by atoms with Gasteiger partial charge in [0.05, 0.1) is 18.4 Å². The van der Waals surface area contributed by atoms with Crippen LogP contribution in [-0.4, -0.2) is 81.3 Å². The fraction of sp³-hybridized carbons (Fsp3) is 0.306. The highest BCUT2D eigenvalue weighted by molar-refractivity contribution is 5.99. The fourth-order valence-electron chi connectivity index (χ4n) is 5.64. The van der Waals surface area contributed by atoms with E-state index in [2.05, 4.69) is 36.9 Å². The van der Waals surface area contributed by atoms with E-state index in [1.165, 1.54) is 17.8 Å². The average molecular weight is 679 g/mol. The number of aromatic nitrogens is 3. The van der Waals surface area contributed by atoms with Gasteiger partial charge >= 0.3 is 0 Å². The Labute approximate surface area is 288 Å². The lowest BCUT2D eigenvalue weighted by molar-refractivity contribution is -0.134. The second-order valence-corrected chi connectivity index (χ2v) is 12.4. The van der Waals surface area contributed by atoms with Crippen molar-refractivity contribution in [3.05, 3.63) is 108 Å². The van der Waals surface area contributed by atoms with E-state index in [0.29, 0.717) is 29.8 Å². The van der Waals surface area contributed by atoms with Gasteiger partial charge in [0.1, 0.15) is 36.0 Å². The summed E-state index contributed by atoms with van der Waals surface area (Å²) in [6.45, 7) is 1.89. The average Bonchev–Trinajstić information content (AvgIpc) is 3.74. The Kier molecular flexibility index (Phi) is 10.2. The molecule has 14 nitrogen and oxygen atoms in total. The minimum atomic E-state index is -1.11. The molecule has 1 spiro atoms. The molecule has 258 valence electrons. The van der Waals surface area contributed by atoms with Crippen molar-refractivity contribution in [3.63, 3.8) is 0 Å². The van der Waals surface area contributed by atoms with Crippen LogP contribution in [0.15, 0.2) is 91.1 Å². The minimum Gasteiger partial charge on any atom is -0.492 e. The van der Waals surface area contributed by atoms with E-state index in [4.69, 9.17) is 4.74 Å². The van der Waals surface area contributed by atoms with Crippen molar-refractivity contribution in [2.45, 2.75) is 56.3 Å². The Morgan fingerprint density at radius 3 is 2.30 bits per heavy atom. The zero-order chi connectivity index (χ0) is 35.1. The maximum atomic E-state index is 13.8. The highest BCUT2D eigenvalue weighted by atomic mass is 16.5.